The number of carbonyl (C=O) groups excluding carboxylic acids is 3. The molecule has 0 unspecified atom stereocenters. The second-order valence-electron chi connectivity index (χ2n) is 6.84. The predicted molar refractivity (Wildman–Crippen MR) is 97.7 cm³/mol. The summed E-state index contributed by atoms with van der Waals surface area (Å²) in [7, 11) is 1.55. The number of nitrogens with zero attached hydrogens (tertiary/aromatic N) is 1. The average Bonchev–Trinajstić information content (AvgIpc) is 2.87. The Labute approximate surface area is 153 Å². The number of hydrogen-bond donors (Lipinski definition) is 1. The monoisotopic (exact) mass is 356 g/mol. The summed E-state index contributed by atoms with van der Waals surface area (Å²) < 4.78 is 5.25. The molecular formula is C20H24N2O4. The molecule has 2 aliphatic rings. The lowest BCUT2D eigenvalue weighted by Crippen LogP contribution is -2.32. The van der Waals surface area contributed by atoms with Crippen LogP contribution in [-0.2, 0) is 14.4 Å². The highest BCUT2D eigenvalue weighted by molar-refractivity contribution is 6.05. The van der Waals surface area contributed by atoms with Crippen molar-refractivity contribution in [3.05, 3.63) is 35.9 Å². The maximum absolute atomic E-state index is 12.4. The number of anilines is 1. The van der Waals surface area contributed by atoms with Gasteiger partial charge >= 0.3 is 0 Å². The molecule has 6 heteroatoms. The fourth-order valence-corrected chi connectivity index (χ4v) is 3.62. The number of imide groups is 1. The lowest BCUT2D eigenvalue weighted by molar-refractivity contribution is -0.140. The van der Waals surface area contributed by atoms with Gasteiger partial charge in [0, 0.05) is 13.0 Å². The SMILES string of the molecule is COc1ccc(C)cc1NC(=O)CCCN1C(=O)[C@H]2CC=CC[C@H]2C1=O. The number of amides is 3. The maximum atomic E-state index is 12.4. The zero-order chi connectivity index (χ0) is 18.7. The van der Waals surface area contributed by atoms with Gasteiger partial charge < -0.3 is 10.1 Å². The Morgan fingerprint density at radius 2 is 1.85 bits per heavy atom. The van der Waals surface area contributed by atoms with Crippen LogP contribution in [0.4, 0.5) is 5.69 Å². The standard InChI is InChI=1S/C20H24N2O4/c1-13-9-10-17(26-2)16(12-13)21-18(23)8-5-11-22-19(24)14-6-3-4-7-15(14)20(22)25/h3-4,9-10,12,14-15H,5-8,11H2,1-2H3,(H,21,23)/t14-,15+. The maximum Gasteiger partial charge on any atom is 0.233 e. The third-order valence-electron chi connectivity index (χ3n) is 5.01. The summed E-state index contributed by atoms with van der Waals surface area (Å²) in [5.74, 6) is -0.163. The Morgan fingerprint density at radius 3 is 2.46 bits per heavy atom. The topological polar surface area (TPSA) is 75.7 Å². The number of allylic oxidation sites excluding steroid dienone is 2. The molecule has 1 aromatic carbocycles. The van der Waals surface area contributed by atoms with E-state index in [1.54, 1.807) is 7.11 Å². The van der Waals surface area contributed by atoms with E-state index in [-0.39, 0.29) is 36.0 Å². The van der Waals surface area contributed by atoms with Crippen LogP contribution in [0, 0.1) is 18.8 Å². The van der Waals surface area contributed by atoms with Crippen molar-refractivity contribution in [3.63, 3.8) is 0 Å². The summed E-state index contributed by atoms with van der Waals surface area (Å²) >= 11 is 0. The normalized spacial score (nSPS) is 21.7. The van der Waals surface area contributed by atoms with Crippen LogP contribution in [0.25, 0.3) is 0 Å². The van der Waals surface area contributed by atoms with Crippen LogP contribution in [0.3, 0.4) is 0 Å². The summed E-state index contributed by atoms with van der Waals surface area (Å²) in [6, 6.07) is 5.57. The molecule has 6 nitrogen and oxygen atoms in total. The number of benzene rings is 1. The van der Waals surface area contributed by atoms with Crippen molar-refractivity contribution >= 4 is 23.4 Å². The molecule has 0 bridgehead atoms. The van der Waals surface area contributed by atoms with Crippen molar-refractivity contribution in [3.8, 4) is 5.75 Å². The van der Waals surface area contributed by atoms with E-state index in [9.17, 15) is 14.4 Å². The molecule has 3 amide bonds. The Kier molecular flexibility index (Phi) is 5.40. The Morgan fingerprint density at radius 1 is 1.19 bits per heavy atom. The first-order valence-corrected chi connectivity index (χ1v) is 8.96. The van der Waals surface area contributed by atoms with Gasteiger partial charge in [-0.2, -0.15) is 0 Å². The van der Waals surface area contributed by atoms with E-state index in [0.717, 1.165) is 5.56 Å². The van der Waals surface area contributed by atoms with E-state index < -0.39 is 0 Å². The van der Waals surface area contributed by atoms with E-state index in [1.807, 2.05) is 37.3 Å². The summed E-state index contributed by atoms with van der Waals surface area (Å²) in [4.78, 5) is 38.3. The van der Waals surface area contributed by atoms with E-state index >= 15 is 0 Å². The number of rotatable bonds is 6. The molecule has 1 aromatic rings. The van der Waals surface area contributed by atoms with Crippen molar-refractivity contribution in [1.29, 1.82) is 0 Å². The third-order valence-corrected chi connectivity index (χ3v) is 5.01. The van der Waals surface area contributed by atoms with Gasteiger partial charge in [-0.05, 0) is 43.9 Å². The largest absolute Gasteiger partial charge is 0.495 e. The highest BCUT2D eigenvalue weighted by Crippen LogP contribution is 2.35. The van der Waals surface area contributed by atoms with Crippen molar-refractivity contribution in [2.75, 3.05) is 19.0 Å². The summed E-state index contributed by atoms with van der Waals surface area (Å²) in [6.07, 6.45) is 5.90. The minimum absolute atomic E-state index is 0.0925. The molecule has 1 N–H and O–H groups in total. The molecular weight excluding hydrogens is 332 g/mol. The van der Waals surface area contributed by atoms with Gasteiger partial charge in [-0.25, -0.2) is 0 Å². The summed E-state index contributed by atoms with van der Waals surface area (Å²) in [6.45, 7) is 2.23. The van der Waals surface area contributed by atoms with Crippen LogP contribution in [-0.4, -0.2) is 36.3 Å². The Balaban J connectivity index is 1.52. The molecule has 1 saturated heterocycles. The lowest BCUT2D eigenvalue weighted by atomic mass is 9.85. The molecule has 1 fully saturated rings. The molecule has 0 aromatic heterocycles. The zero-order valence-electron chi connectivity index (χ0n) is 15.2. The van der Waals surface area contributed by atoms with Crippen molar-refractivity contribution < 1.29 is 19.1 Å². The molecule has 1 aliphatic carbocycles. The number of nitrogens with one attached hydrogen (secondary N) is 1. The van der Waals surface area contributed by atoms with Gasteiger partial charge in [-0.1, -0.05) is 18.2 Å². The van der Waals surface area contributed by atoms with Gasteiger partial charge in [0.05, 0.1) is 24.6 Å². The van der Waals surface area contributed by atoms with E-state index in [2.05, 4.69) is 5.32 Å². The number of likely N-dealkylation sites (tertiary alicyclic amines) is 1. The summed E-state index contributed by atoms with van der Waals surface area (Å²) in [5.41, 5.74) is 1.65. The first-order chi connectivity index (χ1) is 12.5. The molecule has 0 spiro atoms. The number of ether oxygens (including phenoxy) is 1. The van der Waals surface area contributed by atoms with Crippen LogP contribution in [0.1, 0.15) is 31.2 Å². The predicted octanol–water partition coefficient (Wildman–Crippen LogP) is 2.67. The fourth-order valence-electron chi connectivity index (χ4n) is 3.62. The minimum Gasteiger partial charge on any atom is -0.495 e. The highest BCUT2D eigenvalue weighted by Gasteiger charge is 2.46. The number of methoxy groups -OCH3 is 1. The quantitative estimate of drug-likeness (QED) is 0.628. The number of aryl methyl sites for hydroxylation is 1. The number of fused-ring (bicyclic) bond motifs is 1. The van der Waals surface area contributed by atoms with Gasteiger partial charge in [0.2, 0.25) is 17.7 Å². The Bertz CT molecular complexity index is 730. The van der Waals surface area contributed by atoms with Gasteiger partial charge in [-0.15, -0.1) is 0 Å². The second-order valence-corrected chi connectivity index (χ2v) is 6.84. The minimum atomic E-state index is -0.210. The van der Waals surface area contributed by atoms with Crippen LogP contribution in [0.15, 0.2) is 30.4 Å². The molecule has 3 rings (SSSR count). The van der Waals surface area contributed by atoms with Crippen LogP contribution in [0.2, 0.25) is 0 Å². The fraction of sp³-hybridized carbons (Fsp3) is 0.450. The van der Waals surface area contributed by atoms with Crippen LogP contribution < -0.4 is 10.1 Å². The van der Waals surface area contributed by atoms with Gasteiger partial charge in [0.1, 0.15) is 5.75 Å². The van der Waals surface area contributed by atoms with Gasteiger partial charge in [0.25, 0.3) is 0 Å². The van der Waals surface area contributed by atoms with Crippen molar-refractivity contribution in [2.45, 2.75) is 32.6 Å². The molecule has 26 heavy (non-hydrogen) atoms. The average molecular weight is 356 g/mol. The Hall–Kier alpha value is -2.63. The first kappa shape index (κ1) is 18.2. The van der Waals surface area contributed by atoms with Gasteiger partial charge in [-0.3, -0.25) is 19.3 Å². The van der Waals surface area contributed by atoms with Crippen molar-refractivity contribution in [1.82, 2.24) is 4.90 Å². The molecule has 1 heterocycles. The third kappa shape index (κ3) is 3.64. The van der Waals surface area contributed by atoms with E-state index in [0.29, 0.717) is 37.2 Å². The summed E-state index contributed by atoms with van der Waals surface area (Å²) in [5, 5.41) is 2.84. The molecule has 2 atom stereocenters. The molecule has 0 radical (unpaired) electrons. The molecule has 138 valence electrons. The van der Waals surface area contributed by atoms with Crippen LogP contribution >= 0.6 is 0 Å². The second kappa shape index (κ2) is 7.72. The zero-order valence-corrected chi connectivity index (χ0v) is 15.2. The number of carbonyl (C=O) groups is 3. The molecule has 1 aliphatic heterocycles. The smallest absolute Gasteiger partial charge is 0.233 e. The van der Waals surface area contributed by atoms with Gasteiger partial charge in [0.15, 0.2) is 0 Å². The lowest BCUT2D eigenvalue weighted by Gasteiger charge is -2.15. The van der Waals surface area contributed by atoms with E-state index in [4.69, 9.17) is 4.74 Å². The van der Waals surface area contributed by atoms with Crippen molar-refractivity contribution in [2.24, 2.45) is 11.8 Å². The number of hydrogen-bond acceptors (Lipinski definition) is 4. The first-order valence-electron chi connectivity index (χ1n) is 8.96. The van der Waals surface area contributed by atoms with E-state index in [1.165, 1.54) is 4.90 Å². The highest BCUT2D eigenvalue weighted by atomic mass is 16.5. The molecule has 0 saturated carbocycles. The van der Waals surface area contributed by atoms with Crippen LogP contribution in [0.5, 0.6) is 5.75 Å².